The normalized spacial score (nSPS) is 10.5. The minimum atomic E-state index is -0.815. The maximum atomic E-state index is 10.7. The molecular formula is C23H23NO3. The van der Waals surface area contributed by atoms with E-state index in [0.29, 0.717) is 6.61 Å². The summed E-state index contributed by atoms with van der Waals surface area (Å²) < 4.78 is 5.82. The van der Waals surface area contributed by atoms with Gasteiger partial charge in [-0.25, -0.2) is 0 Å². The average Bonchev–Trinajstić information content (AvgIpc) is 2.69. The molecule has 0 aliphatic rings. The minimum absolute atomic E-state index is 0.0494. The van der Waals surface area contributed by atoms with Crippen molar-refractivity contribution in [1.82, 2.24) is 4.98 Å². The lowest BCUT2D eigenvalue weighted by Crippen LogP contribution is -1.99. The highest BCUT2D eigenvalue weighted by atomic mass is 16.5. The van der Waals surface area contributed by atoms with Crippen LogP contribution in [0.3, 0.4) is 0 Å². The Balaban J connectivity index is 1.45. The first-order valence-corrected chi connectivity index (χ1v) is 9.13. The zero-order valence-electron chi connectivity index (χ0n) is 15.2. The molecule has 3 aromatic rings. The molecule has 138 valence electrons. The number of nitrogens with zero attached hydrogens (tertiary/aromatic N) is 1. The summed E-state index contributed by atoms with van der Waals surface area (Å²) in [5.74, 6) is 0.0484. The number of hydrogen-bond donors (Lipinski definition) is 1. The van der Waals surface area contributed by atoms with E-state index < -0.39 is 5.97 Å². The topological polar surface area (TPSA) is 59.4 Å². The van der Waals surface area contributed by atoms with Crippen molar-refractivity contribution >= 4 is 5.97 Å². The van der Waals surface area contributed by atoms with Crippen molar-refractivity contribution in [3.05, 3.63) is 84.2 Å². The van der Waals surface area contributed by atoms with Gasteiger partial charge in [0.1, 0.15) is 5.75 Å². The predicted octanol–water partition coefficient (Wildman–Crippen LogP) is 4.78. The van der Waals surface area contributed by atoms with Crippen molar-refractivity contribution in [1.29, 1.82) is 0 Å². The van der Waals surface area contributed by atoms with E-state index in [-0.39, 0.29) is 6.42 Å². The van der Waals surface area contributed by atoms with Crippen LogP contribution in [-0.2, 0) is 17.6 Å². The Hall–Kier alpha value is -3.14. The van der Waals surface area contributed by atoms with Gasteiger partial charge in [-0.05, 0) is 59.7 Å². The smallest absolute Gasteiger partial charge is 0.307 e. The maximum Gasteiger partial charge on any atom is 0.307 e. The van der Waals surface area contributed by atoms with E-state index in [0.717, 1.165) is 41.7 Å². The fourth-order valence-corrected chi connectivity index (χ4v) is 2.90. The molecule has 0 radical (unpaired) electrons. The van der Waals surface area contributed by atoms with Crippen molar-refractivity contribution in [3.8, 4) is 16.9 Å². The van der Waals surface area contributed by atoms with Gasteiger partial charge in [0.25, 0.3) is 0 Å². The molecule has 1 aromatic heterocycles. The molecule has 0 saturated heterocycles. The lowest BCUT2D eigenvalue weighted by molar-refractivity contribution is -0.136. The van der Waals surface area contributed by atoms with Crippen LogP contribution in [0.15, 0.2) is 73.1 Å². The summed E-state index contributed by atoms with van der Waals surface area (Å²) in [6.07, 6.45) is 6.85. The Morgan fingerprint density at radius 2 is 1.59 bits per heavy atom. The van der Waals surface area contributed by atoms with Crippen LogP contribution < -0.4 is 4.74 Å². The summed E-state index contributed by atoms with van der Waals surface area (Å²) in [6, 6.07) is 19.7. The van der Waals surface area contributed by atoms with Gasteiger partial charge >= 0.3 is 5.97 Å². The minimum Gasteiger partial charge on any atom is -0.494 e. The monoisotopic (exact) mass is 361 g/mol. The number of aryl methyl sites for hydroxylation is 1. The number of benzene rings is 2. The summed E-state index contributed by atoms with van der Waals surface area (Å²) in [7, 11) is 0. The molecule has 0 spiro atoms. The van der Waals surface area contributed by atoms with Crippen LogP contribution in [0.1, 0.15) is 24.0 Å². The number of carboxylic acids is 1. The second-order valence-corrected chi connectivity index (χ2v) is 6.46. The van der Waals surface area contributed by atoms with Gasteiger partial charge in [0, 0.05) is 12.4 Å². The van der Waals surface area contributed by atoms with E-state index in [4.69, 9.17) is 9.84 Å². The van der Waals surface area contributed by atoms with E-state index in [1.54, 1.807) is 6.20 Å². The zero-order chi connectivity index (χ0) is 18.9. The molecule has 0 saturated carbocycles. The van der Waals surface area contributed by atoms with Gasteiger partial charge in [-0.1, -0.05) is 42.5 Å². The van der Waals surface area contributed by atoms with Gasteiger partial charge < -0.3 is 9.84 Å². The SMILES string of the molecule is O=C(O)Cc1ccc(-c2ccc(OCCCCc3cccnc3)cc2)cc1. The van der Waals surface area contributed by atoms with Crippen LogP contribution in [0.2, 0.25) is 0 Å². The molecule has 0 amide bonds. The Labute approximate surface area is 159 Å². The third kappa shape index (κ3) is 5.96. The second kappa shape index (κ2) is 9.53. The number of carboxylic acid groups (broad SMARTS) is 1. The third-order valence-corrected chi connectivity index (χ3v) is 4.35. The lowest BCUT2D eigenvalue weighted by Gasteiger charge is -2.08. The van der Waals surface area contributed by atoms with Crippen LogP contribution in [-0.4, -0.2) is 22.7 Å². The highest BCUT2D eigenvalue weighted by Gasteiger charge is 2.03. The molecule has 0 atom stereocenters. The Bertz CT molecular complexity index is 843. The van der Waals surface area contributed by atoms with Gasteiger partial charge in [-0.3, -0.25) is 9.78 Å². The van der Waals surface area contributed by atoms with Crippen molar-refractivity contribution < 1.29 is 14.6 Å². The highest BCUT2D eigenvalue weighted by molar-refractivity contribution is 5.71. The van der Waals surface area contributed by atoms with Crippen LogP contribution >= 0.6 is 0 Å². The summed E-state index contributed by atoms with van der Waals surface area (Å²) in [6.45, 7) is 0.698. The Morgan fingerprint density at radius 3 is 2.22 bits per heavy atom. The summed E-state index contributed by atoms with van der Waals surface area (Å²) in [5.41, 5.74) is 4.21. The number of aliphatic carboxylic acids is 1. The van der Waals surface area contributed by atoms with Gasteiger partial charge in [0.2, 0.25) is 0 Å². The molecule has 3 rings (SSSR count). The van der Waals surface area contributed by atoms with E-state index in [1.165, 1.54) is 5.56 Å². The molecule has 2 aromatic carbocycles. The molecule has 4 heteroatoms. The summed E-state index contributed by atoms with van der Waals surface area (Å²) >= 11 is 0. The quantitative estimate of drug-likeness (QED) is 0.557. The molecule has 4 nitrogen and oxygen atoms in total. The Morgan fingerprint density at radius 1 is 0.889 bits per heavy atom. The van der Waals surface area contributed by atoms with Gasteiger partial charge in [0.05, 0.1) is 13.0 Å². The largest absolute Gasteiger partial charge is 0.494 e. The Kier molecular flexibility index (Phi) is 6.58. The van der Waals surface area contributed by atoms with Crippen LogP contribution in [0.25, 0.3) is 11.1 Å². The van der Waals surface area contributed by atoms with Crippen molar-refractivity contribution in [2.75, 3.05) is 6.61 Å². The number of rotatable bonds is 9. The van der Waals surface area contributed by atoms with Crippen molar-refractivity contribution in [2.45, 2.75) is 25.7 Å². The highest BCUT2D eigenvalue weighted by Crippen LogP contribution is 2.23. The number of unbranched alkanes of at least 4 members (excludes halogenated alkanes) is 1. The number of ether oxygens (including phenoxy) is 1. The van der Waals surface area contributed by atoms with Gasteiger partial charge in [0.15, 0.2) is 0 Å². The third-order valence-electron chi connectivity index (χ3n) is 4.35. The van der Waals surface area contributed by atoms with E-state index in [9.17, 15) is 4.79 Å². The lowest BCUT2D eigenvalue weighted by atomic mass is 10.0. The van der Waals surface area contributed by atoms with Crippen LogP contribution in [0, 0.1) is 0 Å². The number of hydrogen-bond acceptors (Lipinski definition) is 3. The molecular weight excluding hydrogens is 338 g/mol. The molecule has 27 heavy (non-hydrogen) atoms. The molecule has 0 bridgehead atoms. The van der Waals surface area contributed by atoms with Crippen LogP contribution in [0.4, 0.5) is 0 Å². The first-order valence-electron chi connectivity index (χ1n) is 9.13. The van der Waals surface area contributed by atoms with Gasteiger partial charge in [-0.2, -0.15) is 0 Å². The first-order chi connectivity index (χ1) is 13.2. The van der Waals surface area contributed by atoms with Crippen molar-refractivity contribution in [2.24, 2.45) is 0 Å². The molecule has 1 heterocycles. The molecule has 0 fully saturated rings. The fourth-order valence-electron chi connectivity index (χ4n) is 2.90. The number of aromatic nitrogens is 1. The standard InChI is InChI=1S/C23H23NO3/c25-23(26)16-18-6-8-20(9-7-18)21-10-12-22(13-11-21)27-15-2-1-4-19-5-3-14-24-17-19/h3,5-14,17H,1-2,4,15-16H2,(H,25,26). The number of pyridine rings is 1. The maximum absolute atomic E-state index is 10.7. The van der Waals surface area contributed by atoms with E-state index in [1.807, 2.05) is 60.8 Å². The second-order valence-electron chi connectivity index (χ2n) is 6.46. The van der Waals surface area contributed by atoms with Crippen LogP contribution in [0.5, 0.6) is 5.75 Å². The summed E-state index contributed by atoms with van der Waals surface area (Å²) in [5, 5.41) is 8.83. The molecule has 0 unspecified atom stereocenters. The zero-order valence-corrected chi connectivity index (χ0v) is 15.2. The van der Waals surface area contributed by atoms with Crippen molar-refractivity contribution in [3.63, 3.8) is 0 Å². The predicted molar refractivity (Wildman–Crippen MR) is 106 cm³/mol. The van der Waals surface area contributed by atoms with E-state index in [2.05, 4.69) is 11.1 Å². The molecule has 0 aliphatic carbocycles. The first kappa shape index (κ1) is 18.6. The summed E-state index contributed by atoms with van der Waals surface area (Å²) in [4.78, 5) is 14.9. The fraction of sp³-hybridized carbons (Fsp3) is 0.217. The van der Waals surface area contributed by atoms with E-state index >= 15 is 0 Å². The molecule has 0 aliphatic heterocycles. The van der Waals surface area contributed by atoms with Gasteiger partial charge in [-0.15, -0.1) is 0 Å². The average molecular weight is 361 g/mol. The number of carbonyl (C=O) groups is 1. The molecule has 1 N–H and O–H groups in total.